The Hall–Kier alpha value is -3.13. The van der Waals surface area contributed by atoms with Gasteiger partial charge < -0.3 is 18.6 Å². The van der Waals surface area contributed by atoms with Crippen LogP contribution in [0.1, 0.15) is 53.8 Å². The summed E-state index contributed by atoms with van der Waals surface area (Å²) in [6.45, 7) is 4.28. The van der Waals surface area contributed by atoms with E-state index in [9.17, 15) is 4.79 Å². The molecule has 0 N–H and O–H groups in total. The molecule has 0 radical (unpaired) electrons. The van der Waals surface area contributed by atoms with Crippen molar-refractivity contribution in [3.63, 3.8) is 0 Å². The van der Waals surface area contributed by atoms with E-state index in [0.717, 1.165) is 49.5 Å². The summed E-state index contributed by atoms with van der Waals surface area (Å²) in [6, 6.07) is 11.3. The van der Waals surface area contributed by atoms with E-state index in [1.54, 1.807) is 13.2 Å². The first-order valence-corrected chi connectivity index (χ1v) is 11.3. The molecule has 2 aromatic heterocycles. The molecular formula is C24H28N4O4. The quantitative estimate of drug-likeness (QED) is 0.578. The first-order chi connectivity index (χ1) is 15.7. The summed E-state index contributed by atoms with van der Waals surface area (Å²) < 4.78 is 16.6. The number of carbonyl (C=O) groups excluding carboxylic acids is 1. The summed E-state index contributed by atoms with van der Waals surface area (Å²) >= 11 is 0. The lowest BCUT2D eigenvalue weighted by Gasteiger charge is -2.29. The van der Waals surface area contributed by atoms with Gasteiger partial charge in [-0.2, -0.15) is 4.98 Å². The van der Waals surface area contributed by atoms with Crippen LogP contribution in [0.25, 0.3) is 11.4 Å². The topological polar surface area (TPSA) is 84.8 Å². The van der Waals surface area contributed by atoms with Gasteiger partial charge in [0.25, 0.3) is 5.91 Å². The minimum Gasteiger partial charge on any atom is -0.497 e. The van der Waals surface area contributed by atoms with Gasteiger partial charge in [0, 0.05) is 24.6 Å². The Morgan fingerprint density at radius 2 is 1.81 bits per heavy atom. The van der Waals surface area contributed by atoms with Crippen molar-refractivity contribution in [3.05, 3.63) is 53.8 Å². The zero-order chi connectivity index (χ0) is 21.9. The second-order valence-electron chi connectivity index (χ2n) is 8.50. The maximum Gasteiger partial charge on any atom is 0.289 e. The first kappa shape index (κ1) is 20.8. The number of benzene rings is 1. The predicted octanol–water partition coefficient (Wildman–Crippen LogP) is 3.95. The Morgan fingerprint density at radius 3 is 2.53 bits per heavy atom. The molecule has 2 fully saturated rings. The molecule has 0 bridgehead atoms. The zero-order valence-electron chi connectivity index (χ0n) is 18.3. The lowest BCUT2D eigenvalue weighted by molar-refractivity contribution is 0.0669. The van der Waals surface area contributed by atoms with E-state index in [-0.39, 0.29) is 11.8 Å². The van der Waals surface area contributed by atoms with Crippen LogP contribution in [0.5, 0.6) is 5.75 Å². The van der Waals surface area contributed by atoms with Gasteiger partial charge in [-0.25, -0.2) is 0 Å². The lowest BCUT2D eigenvalue weighted by atomic mass is 9.96. The highest BCUT2D eigenvalue weighted by molar-refractivity contribution is 5.91. The number of hydrogen-bond acceptors (Lipinski definition) is 7. The fourth-order valence-electron chi connectivity index (χ4n) is 4.48. The van der Waals surface area contributed by atoms with Crippen molar-refractivity contribution >= 4 is 5.91 Å². The van der Waals surface area contributed by atoms with Crippen LogP contribution >= 0.6 is 0 Å². The molecule has 4 heterocycles. The third kappa shape index (κ3) is 4.41. The Balaban J connectivity index is 1.17. The van der Waals surface area contributed by atoms with E-state index >= 15 is 0 Å². The van der Waals surface area contributed by atoms with Gasteiger partial charge in [0.1, 0.15) is 11.5 Å². The number of rotatable bonds is 6. The van der Waals surface area contributed by atoms with Crippen molar-refractivity contribution in [2.45, 2.75) is 38.1 Å². The number of aromatic nitrogens is 2. The number of amides is 1. The second kappa shape index (κ2) is 9.16. The third-order valence-electron chi connectivity index (χ3n) is 6.37. The highest BCUT2D eigenvalue weighted by Crippen LogP contribution is 2.30. The monoisotopic (exact) mass is 436 g/mol. The van der Waals surface area contributed by atoms with Gasteiger partial charge in [0.15, 0.2) is 5.76 Å². The molecule has 0 aliphatic carbocycles. The van der Waals surface area contributed by atoms with Gasteiger partial charge in [0.2, 0.25) is 11.7 Å². The molecular weight excluding hydrogens is 408 g/mol. The van der Waals surface area contributed by atoms with Crippen LogP contribution in [0.3, 0.4) is 0 Å². The fourth-order valence-corrected chi connectivity index (χ4v) is 4.48. The van der Waals surface area contributed by atoms with Gasteiger partial charge in [0.05, 0.1) is 13.7 Å². The van der Waals surface area contributed by atoms with E-state index in [0.29, 0.717) is 30.6 Å². The standard InChI is InChI=1S/C24H28N4O4/c1-30-19-6-4-17(5-7-19)22-25-23(32-26-22)18-10-14-28(15-11-18)24(29)21-9-8-20(31-21)16-27-12-2-3-13-27/h4-9,18H,2-3,10-16H2,1H3. The molecule has 32 heavy (non-hydrogen) atoms. The van der Waals surface area contributed by atoms with Gasteiger partial charge >= 0.3 is 0 Å². The van der Waals surface area contributed by atoms with Gasteiger partial charge in [-0.05, 0) is 75.2 Å². The summed E-state index contributed by atoms with van der Waals surface area (Å²) in [6.07, 6.45) is 4.06. The largest absolute Gasteiger partial charge is 0.497 e. The minimum absolute atomic E-state index is 0.0411. The molecule has 168 valence electrons. The molecule has 5 rings (SSSR count). The maximum atomic E-state index is 12.9. The molecule has 2 aliphatic heterocycles. The summed E-state index contributed by atoms with van der Waals surface area (Å²) in [5, 5.41) is 4.14. The molecule has 0 unspecified atom stereocenters. The summed E-state index contributed by atoms with van der Waals surface area (Å²) in [5.74, 6) is 3.39. The third-order valence-corrected chi connectivity index (χ3v) is 6.37. The van der Waals surface area contributed by atoms with Crippen LogP contribution in [0.4, 0.5) is 0 Å². The molecule has 1 amide bonds. The second-order valence-corrected chi connectivity index (χ2v) is 8.50. The molecule has 2 saturated heterocycles. The molecule has 1 aromatic carbocycles. The Labute approximate surface area is 187 Å². The summed E-state index contributed by atoms with van der Waals surface area (Å²) in [7, 11) is 1.64. The van der Waals surface area contributed by atoms with E-state index in [2.05, 4.69) is 15.0 Å². The van der Waals surface area contributed by atoms with E-state index < -0.39 is 0 Å². The average molecular weight is 437 g/mol. The van der Waals surface area contributed by atoms with Crippen molar-refractivity contribution in [3.8, 4) is 17.1 Å². The number of furan rings is 1. The fraction of sp³-hybridized carbons (Fsp3) is 0.458. The van der Waals surface area contributed by atoms with Crippen LogP contribution in [-0.2, 0) is 6.54 Å². The van der Waals surface area contributed by atoms with Crippen LogP contribution in [0.15, 0.2) is 45.3 Å². The Kier molecular flexibility index (Phi) is 5.94. The number of carbonyl (C=O) groups is 1. The molecule has 8 nitrogen and oxygen atoms in total. The molecule has 0 atom stereocenters. The van der Waals surface area contributed by atoms with Crippen LogP contribution < -0.4 is 4.74 Å². The number of methoxy groups -OCH3 is 1. The van der Waals surface area contributed by atoms with Crippen molar-refractivity contribution in [1.29, 1.82) is 0 Å². The zero-order valence-corrected chi connectivity index (χ0v) is 18.3. The number of nitrogens with zero attached hydrogens (tertiary/aromatic N) is 4. The number of piperidine rings is 1. The smallest absolute Gasteiger partial charge is 0.289 e. The van der Waals surface area contributed by atoms with Crippen LogP contribution in [0, 0.1) is 0 Å². The van der Waals surface area contributed by atoms with Gasteiger partial charge in [-0.1, -0.05) is 5.16 Å². The SMILES string of the molecule is COc1ccc(-c2noc(C3CCN(C(=O)c4ccc(CN5CCCC5)o4)CC3)n2)cc1. The van der Waals surface area contributed by atoms with Crippen molar-refractivity contribution in [2.24, 2.45) is 0 Å². The van der Waals surface area contributed by atoms with E-state index in [1.165, 1.54) is 12.8 Å². The molecule has 0 spiro atoms. The van der Waals surface area contributed by atoms with Gasteiger partial charge in [-0.15, -0.1) is 0 Å². The van der Waals surface area contributed by atoms with Crippen LogP contribution in [0.2, 0.25) is 0 Å². The summed E-state index contributed by atoms with van der Waals surface area (Å²) in [4.78, 5) is 21.7. The number of hydrogen-bond donors (Lipinski definition) is 0. The summed E-state index contributed by atoms with van der Waals surface area (Å²) in [5.41, 5.74) is 0.885. The van der Waals surface area contributed by atoms with Crippen molar-refractivity contribution in [2.75, 3.05) is 33.3 Å². The maximum absolute atomic E-state index is 12.9. The van der Waals surface area contributed by atoms with Crippen molar-refractivity contribution < 1.29 is 18.5 Å². The molecule has 0 saturated carbocycles. The van der Waals surface area contributed by atoms with Crippen LogP contribution in [-0.4, -0.2) is 59.1 Å². The van der Waals surface area contributed by atoms with Gasteiger partial charge in [-0.3, -0.25) is 9.69 Å². The molecule has 2 aliphatic rings. The Morgan fingerprint density at radius 1 is 1.06 bits per heavy atom. The Bertz CT molecular complexity index is 1040. The normalized spacial score (nSPS) is 17.7. The van der Waals surface area contributed by atoms with E-state index in [1.807, 2.05) is 35.2 Å². The number of ether oxygens (including phenoxy) is 1. The first-order valence-electron chi connectivity index (χ1n) is 11.3. The van der Waals surface area contributed by atoms with Crippen molar-refractivity contribution in [1.82, 2.24) is 19.9 Å². The molecule has 3 aromatic rings. The van der Waals surface area contributed by atoms with E-state index in [4.69, 9.17) is 13.7 Å². The lowest BCUT2D eigenvalue weighted by Crippen LogP contribution is -2.37. The highest BCUT2D eigenvalue weighted by atomic mass is 16.5. The average Bonchev–Trinajstić information content (AvgIpc) is 3.61. The number of likely N-dealkylation sites (tertiary alicyclic amines) is 2. The minimum atomic E-state index is -0.0411. The predicted molar refractivity (Wildman–Crippen MR) is 117 cm³/mol. The molecule has 8 heteroatoms. The highest BCUT2D eigenvalue weighted by Gasteiger charge is 2.29.